The highest BCUT2D eigenvalue weighted by Crippen LogP contribution is 2.58. The lowest BCUT2D eigenvalue weighted by Gasteiger charge is -2.49. The Balaban J connectivity index is 1.68. The van der Waals surface area contributed by atoms with Gasteiger partial charge in [0.2, 0.25) is 0 Å². The summed E-state index contributed by atoms with van der Waals surface area (Å²) in [6.45, 7) is 10.7. The van der Waals surface area contributed by atoms with Gasteiger partial charge < -0.3 is 20.1 Å². The fourth-order valence-electron chi connectivity index (χ4n) is 6.89. The first-order valence-electron chi connectivity index (χ1n) is 10.8. The predicted octanol–water partition coefficient (Wildman–Crippen LogP) is 2.60. The molecule has 0 saturated heterocycles. The number of rotatable bonds is 3. The second-order valence-electron chi connectivity index (χ2n) is 9.72. The van der Waals surface area contributed by atoms with Gasteiger partial charge in [-0.3, -0.25) is 4.79 Å². The monoisotopic (exact) mass is 390 g/mol. The van der Waals surface area contributed by atoms with E-state index in [1.807, 2.05) is 13.8 Å². The Labute approximate surface area is 167 Å². The number of fused-ring (bicyclic) bond motifs is 2. The van der Waals surface area contributed by atoms with E-state index in [4.69, 9.17) is 4.74 Å². The second-order valence-corrected chi connectivity index (χ2v) is 9.72. The zero-order valence-corrected chi connectivity index (χ0v) is 17.2. The number of carbonyl (C=O) groups is 1. The summed E-state index contributed by atoms with van der Waals surface area (Å²) in [6.07, 6.45) is 0.970. The number of allylic oxidation sites excluding steroid dienone is 2. The van der Waals surface area contributed by atoms with E-state index in [-0.39, 0.29) is 35.4 Å². The maximum atomic E-state index is 13.2. The molecule has 0 amide bonds. The molecule has 2 fully saturated rings. The third-order valence-corrected chi connectivity index (χ3v) is 8.38. The van der Waals surface area contributed by atoms with E-state index < -0.39 is 23.7 Å². The third-order valence-electron chi connectivity index (χ3n) is 8.38. The Kier molecular flexibility index (Phi) is 5.00. The van der Waals surface area contributed by atoms with Gasteiger partial charge in [0.05, 0.1) is 36.1 Å². The zero-order valence-electron chi connectivity index (χ0n) is 17.2. The van der Waals surface area contributed by atoms with Crippen molar-refractivity contribution in [3.8, 4) is 0 Å². The van der Waals surface area contributed by atoms with Crippen molar-refractivity contribution in [2.45, 2.75) is 71.2 Å². The highest BCUT2D eigenvalue weighted by Gasteiger charge is 2.67. The highest BCUT2D eigenvalue weighted by atomic mass is 16.5. The largest absolute Gasteiger partial charge is 0.498 e. The summed E-state index contributed by atoms with van der Waals surface area (Å²) in [5.41, 5.74) is 0.397. The van der Waals surface area contributed by atoms with Crippen molar-refractivity contribution in [3.05, 3.63) is 23.5 Å². The summed E-state index contributed by atoms with van der Waals surface area (Å²) in [6, 6.07) is 0. The lowest BCUT2D eigenvalue weighted by Crippen LogP contribution is -2.60. The molecule has 9 atom stereocenters. The molecule has 2 saturated carbocycles. The summed E-state index contributed by atoms with van der Waals surface area (Å²) in [4.78, 5) is 13.2. The number of carbonyl (C=O) groups excluding carboxylic acids is 1. The van der Waals surface area contributed by atoms with Gasteiger partial charge in [0.25, 0.3) is 0 Å². The molecule has 0 spiro atoms. The number of aliphatic hydroxyl groups excluding tert-OH is 3. The molecule has 9 unspecified atom stereocenters. The van der Waals surface area contributed by atoms with E-state index in [1.54, 1.807) is 0 Å². The number of ether oxygens (including phenoxy) is 1. The molecule has 4 rings (SSSR count). The van der Waals surface area contributed by atoms with Crippen LogP contribution in [-0.2, 0) is 9.53 Å². The molecule has 5 heteroatoms. The molecule has 0 radical (unpaired) electrons. The van der Waals surface area contributed by atoms with E-state index in [0.29, 0.717) is 18.6 Å². The Morgan fingerprint density at radius 3 is 2.64 bits per heavy atom. The molecule has 0 aromatic carbocycles. The van der Waals surface area contributed by atoms with Crippen molar-refractivity contribution in [2.75, 3.05) is 6.61 Å². The molecular formula is C23H34O5. The van der Waals surface area contributed by atoms with Crippen molar-refractivity contribution in [2.24, 2.45) is 35.0 Å². The van der Waals surface area contributed by atoms with Crippen LogP contribution in [0.2, 0.25) is 0 Å². The van der Waals surface area contributed by atoms with Crippen LogP contribution < -0.4 is 0 Å². The minimum Gasteiger partial charge on any atom is -0.498 e. The molecular weight excluding hydrogens is 356 g/mol. The Hall–Kier alpha value is -1.17. The average Bonchev–Trinajstić information content (AvgIpc) is 2.79. The standard InChI is InChI=1S/C23H34O5/c1-11-10-15-6-5-9-28-19(15)14(4)17(11)18(24)22(27)23-12(2)7-8-16(21(23)26)13(3)20(23)25/h11-12,14,16-18,21-22,24,26-27H,3,5-10H2,1-2,4H3. The molecule has 156 valence electrons. The van der Waals surface area contributed by atoms with Gasteiger partial charge in [-0.25, -0.2) is 0 Å². The SMILES string of the molecule is C=C1C(=O)C2(C(O)C(O)C3C(C)CC4=C(OCCC4)C3C)C(C)CCC1C2O. The summed E-state index contributed by atoms with van der Waals surface area (Å²) in [5.74, 6) is 0.131. The van der Waals surface area contributed by atoms with Crippen molar-refractivity contribution in [1.29, 1.82) is 0 Å². The lowest BCUT2D eigenvalue weighted by molar-refractivity contribution is -0.180. The summed E-state index contributed by atoms with van der Waals surface area (Å²) < 4.78 is 5.94. The maximum Gasteiger partial charge on any atom is 0.170 e. The number of hydrogen-bond donors (Lipinski definition) is 3. The zero-order chi connectivity index (χ0) is 20.4. The van der Waals surface area contributed by atoms with E-state index in [9.17, 15) is 20.1 Å². The van der Waals surface area contributed by atoms with Crippen molar-refractivity contribution < 1.29 is 24.9 Å². The summed E-state index contributed by atoms with van der Waals surface area (Å²) in [7, 11) is 0. The fraction of sp³-hybridized carbons (Fsp3) is 0.783. The molecule has 5 nitrogen and oxygen atoms in total. The van der Waals surface area contributed by atoms with Gasteiger partial charge in [-0.1, -0.05) is 27.4 Å². The molecule has 2 bridgehead atoms. The molecule has 0 aromatic heterocycles. The normalized spacial score (nSPS) is 45.5. The van der Waals surface area contributed by atoms with Crippen LogP contribution in [0.15, 0.2) is 23.5 Å². The van der Waals surface area contributed by atoms with Crippen LogP contribution in [0.3, 0.4) is 0 Å². The van der Waals surface area contributed by atoms with Gasteiger partial charge in [-0.2, -0.15) is 0 Å². The van der Waals surface area contributed by atoms with Crippen LogP contribution >= 0.6 is 0 Å². The van der Waals surface area contributed by atoms with Crippen LogP contribution in [0.25, 0.3) is 0 Å². The molecule has 1 heterocycles. The first kappa shape index (κ1) is 20.1. The Morgan fingerprint density at radius 2 is 1.93 bits per heavy atom. The molecule has 0 aromatic rings. The number of ketones is 1. The average molecular weight is 391 g/mol. The van der Waals surface area contributed by atoms with E-state index in [1.165, 1.54) is 5.57 Å². The number of Topliss-reactive ketones (excluding diaryl/α,β-unsaturated/α-hetero) is 1. The Bertz CT molecular complexity index is 712. The quantitative estimate of drug-likeness (QED) is 0.645. The first-order chi connectivity index (χ1) is 13.2. The van der Waals surface area contributed by atoms with Gasteiger partial charge in [0, 0.05) is 11.8 Å². The van der Waals surface area contributed by atoms with Gasteiger partial charge in [0.1, 0.15) is 0 Å². The fourth-order valence-corrected chi connectivity index (χ4v) is 6.89. The van der Waals surface area contributed by atoms with Gasteiger partial charge >= 0.3 is 0 Å². The summed E-state index contributed by atoms with van der Waals surface area (Å²) in [5, 5.41) is 33.8. The minimum atomic E-state index is -1.35. The van der Waals surface area contributed by atoms with Gasteiger partial charge in [-0.15, -0.1) is 0 Å². The van der Waals surface area contributed by atoms with Gasteiger partial charge in [-0.05, 0) is 61.0 Å². The minimum absolute atomic E-state index is 0.0216. The smallest absolute Gasteiger partial charge is 0.170 e. The molecule has 28 heavy (non-hydrogen) atoms. The van der Waals surface area contributed by atoms with Crippen LogP contribution in [-0.4, -0.2) is 46.0 Å². The Morgan fingerprint density at radius 1 is 1.21 bits per heavy atom. The molecule has 4 aliphatic rings. The van der Waals surface area contributed by atoms with Crippen molar-refractivity contribution in [3.63, 3.8) is 0 Å². The maximum absolute atomic E-state index is 13.2. The van der Waals surface area contributed by atoms with Gasteiger partial charge in [0.15, 0.2) is 5.78 Å². The third kappa shape index (κ3) is 2.52. The lowest BCUT2D eigenvalue weighted by atomic mass is 9.58. The predicted molar refractivity (Wildman–Crippen MR) is 105 cm³/mol. The van der Waals surface area contributed by atoms with Crippen LogP contribution in [0.1, 0.15) is 52.9 Å². The number of hydrogen-bond acceptors (Lipinski definition) is 5. The molecule has 3 N–H and O–H groups in total. The van der Waals surface area contributed by atoms with Crippen molar-refractivity contribution in [1.82, 2.24) is 0 Å². The van der Waals surface area contributed by atoms with Crippen LogP contribution in [0.4, 0.5) is 0 Å². The number of aliphatic hydroxyl groups is 3. The van der Waals surface area contributed by atoms with Crippen molar-refractivity contribution >= 4 is 5.78 Å². The molecule has 3 aliphatic carbocycles. The second kappa shape index (κ2) is 6.96. The summed E-state index contributed by atoms with van der Waals surface area (Å²) >= 11 is 0. The molecule has 1 aliphatic heterocycles. The highest BCUT2D eigenvalue weighted by molar-refractivity contribution is 6.04. The topological polar surface area (TPSA) is 87.0 Å². The van der Waals surface area contributed by atoms with E-state index in [2.05, 4.69) is 13.5 Å². The first-order valence-corrected chi connectivity index (χ1v) is 10.8. The van der Waals surface area contributed by atoms with Crippen LogP contribution in [0, 0.1) is 35.0 Å². The van der Waals surface area contributed by atoms with E-state index in [0.717, 1.165) is 31.4 Å². The van der Waals surface area contributed by atoms with E-state index >= 15 is 0 Å². The van der Waals surface area contributed by atoms with Crippen LogP contribution in [0.5, 0.6) is 0 Å².